The van der Waals surface area contributed by atoms with Crippen molar-refractivity contribution in [2.24, 2.45) is 4.99 Å². The van der Waals surface area contributed by atoms with Gasteiger partial charge in [0.2, 0.25) is 0 Å². The second-order valence-corrected chi connectivity index (χ2v) is 7.59. The van der Waals surface area contributed by atoms with Crippen molar-refractivity contribution in [2.75, 3.05) is 0 Å². The first kappa shape index (κ1) is 15.3. The number of halogens is 1. The molecule has 0 bridgehead atoms. The van der Waals surface area contributed by atoms with Gasteiger partial charge in [-0.2, -0.15) is 0 Å². The van der Waals surface area contributed by atoms with Crippen LogP contribution in [0.2, 0.25) is 10.3 Å². The summed E-state index contributed by atoms with van der Waals surface area (Å²) in [5.74, 6) is 0. The molecule has 0 aliphatic rings. The second kappa shape index (κ2) is 7.64. The van der Waals surface area contributed by atoms with Crippen molar-refractivity contribution in [3.63, 3.8) is 0 Å². The van der Waals surface area contributed by atoms with Gasteiger partial charge in [0.15, 0.2) is 0 Å². The maximum atomic E-state index is 6.15. The van der Waals surface area contributed by atoms with Crippen LogP contribution >= 0.6 is 11.6 Å². The topological polar surface area (TPSA) is 12.4 Å². The van der Waals surface area contributed by atoms with E-state index < -0.39 is 0 Å². The molecule has 0 saturated heterocycles. The summed E-state index contributed by atoms with van der Waals surface area (Å²) in [7, 11) is 0. The van der Waals surface area contributed by atoms with E-state index in [9.17, 15) is 0 Å². The van der Waals surface area contributed by atoms with E-state index in [1.165, 1.54) is 15.3 Å². The van der Waals surface area contributed by atoms with Crippen LogP contribution in [0.3, 0.4) is 0 Å². The molecule has 0 heterocycles. The number of benzene rings is 2. The van der Waals surface area contributed by atoms with Crippen molar-refractivity contribution < 1.29 is 0 Å². The molecule has 104 valence electrons. The fourth-order valence-electron chi connectivity index (χ4n) is 1.96. The van der Waals surface area contributed by atoms with E-state index in [1.807, 2.05) is 30.5 Å². The van der Waals surface area contributed by atoms with Crippen molar-refractivity contribution >= 4 is 37.2 Å². The van der Waals surface area contributed by atoms with Gasteiger partial charge in [-0.1, -0.05) is 0 Å². The summed E-state index contributed by atoms with van der Waals surface area (Å²) in [5, 5.41) is 1.96. The van der Waals surface area contributed by atoms with Gasteiger partial charge in [0.1, 0.15) is 0 Å². The zero-order chi connectivity index (χ0) is 14.4. The van der Waals surface area contributed by atoms with E-state index in [4.69, 9.17) is 11.6 Å². The fraction of sp³-hybridized carbons (Fsp3) is 0.235. The molecular weight excluding hydrogens is 333 g/mol. The van der Waals surface area contributed by atoms with E-state index in [0.29, 0.717) is 15.0 Å². The number of hydrogen-bond acceptors (Lipinski definition) is 1. The zero-order valence-corrected chi connectivity index (χ0v) is 14.2. The van der Waals surface area contributed by atoms with Crippen LogP contribution in [0, 0.1) is 0 Å². The molecule has 3 heteroatoms. The molecule has 2 aromatic carbocycles. The Bertz CT molecular complexity index is 595. The van der Waals surface area contributed by atoms with Crippen LogP contribution in [0.25, 0.3) is 0 Å². The van der Waals surface area contributed by atoms with Crippen molar-refractivity contribution in [3.05, 3.63) is 64.7 Å². The van der Waals surface area contributed by atoms with E-state index in [1.54, 1.807) is 0 Å². The fourth-order valence-corrected chi connectivity index (χ4v) is 4.02. The van der Waals surface area contributed by atoms with Crippen LogP contribution in [0.4, 0.5) is 0 Å². The van der Waals surface area contributed by atoms with Gasteiger partial charge in [-0.05, 0) is 0 Å². The number of hydrogen-bond donors (Lipinski definition) is 0. The van der Waals surface area contributed by atoms with Gasteiger partial charge in [0.25, 0.3) is 0 Å². The Hall–Kier alpha value is -1.08. The number of rotatable bonds is 5. The molecule has 0 aliphatic heterocycles. The van der Waals surface area contributed by atoms with Crippen LogP contribution in [0.15, 0.2) is 53.5 Å². The van der Waals surface area contributed by atoms with Gasteiger partial charge < -0.3 is 0 Å². The van der Waals surface area contributed by atoms with Crippen LogP contribution in [-0.4, -0.2) is 21.2 Å². The Morgan fingerprint density at radius 2 is 1.85 bits per heavy atom. The number of aliphatic imine (C=N–C) groups is 1. The Morgan fingerprint density at radius 3 is 2.60 bits per heavy atom. The molecular formula is C17H18ClNSe. The van der Waals surface area contributed by atoms with Crippen LogP contribution in [-0.2, 0) is 0 Å². The molecule has 2 aromatic rings. The Morgan fingerprint density at radius 1 is 1.15 bits per heavy atom. The third-order valence-electron chi connectivity index (χ3n) is 3.01. The summed E-state index contributed by atoms with van der Waals surface area (Å²) in [5.41, 5.74) is 2.30. The second-order valence-electron chi connectivity index (χ2n) is 4.45. The molecule has 20 heavy (non-hydrogen) atoms. The number of nitrogens with zero attached hydrogens (tertiary/aromatic N) is 1. The zero-order valence-electron chi connectivity index (χ0n) is 11.7. The first-order chi connectivity index (χ1) is 9.72. The third-order valence-corrected chi connectivity index (χ3v) is 5.39. The first-order valence-corrected chi connectivity index (χ1v) is 9.16. The summed E-state index contributed by atoms with van der Waals surface area (Å²) in [6, 6.07) is 16.6. The summed E-state index contributed by atoms with van der Waals surface area (Å²) in [6.07, 6.45) is 1.88. The van der Waals surface area contributed by atoms with Crippen molar-refractivity contribution in [1.29, 1.82) is 0 Å². The Kier molecular flexibility index (Phi) is 5.85. The molecule has 0 N–H and O–H groups in total. The summed E-state index contributed by atoms with van der Waals surface area (Å²) in [6.45, 7) is 4.37. The average Bonchev–Trinajstić information content (AvgIpc) is 2.47. The standard InChI is InChI=1S/C17H18ClNSe/c1-3-20-17-11-7-5-9-15(17)13(2)19-12-14-8-4-6-10-16(14)18/h4-13H,3H2,1-2H3/t13-/m1/s1. The molecule has 1 nitrogen and oxygen atoms in total. The van der Waals surface area contributed by atoms with E-state index in [2.05, 4.69) is 43.1 Å². The van der Waals surface area contributed by atoms with Gasteiger partial charge in [0, 0.05) is 0 Å². The molecule has 0 aromatic heterocycles. The molecule has 0 saturated carbocycles. The van der Waals surface area contributed by atoms with Gasteiger partial charge in [-0.15, -0.1) is 0 Å². The first-order valence-electron chi connectivity index (χ1n) is 6.71. The van der Waals surface area contributed by atoms with Crippen LogP contribution in [0.5, 0.6) is 0 Å². The van der Waals surface area contributed by atoms with Crippen LogP contribution < -0.4 is 4.46 Å². The normalized spacial score (nSPS) is 12.8. The van der Waals surface area contributed by atoms with Gasteiger partial charge in [0.05, 0.1) is 0 Å². The van der Waals surface area contributed by atoms with Crippen LogP contribution in [0.1, 0.15) is 31.0 Å². The van der Waals surface area contributed by atoms with Gasteiger partial charge in [-0.25, -0.2) is 0 Å². The monoisotopic (exact) mass is 351 g/mol. The van der Waals surface area contributed by atoms with Gasteiger partial charge >= 0.3 is 132 Å². The molecule has 1 atom stereocenters. The van der Waals surface area contributed by atoms with Crippen molar-refractivity contribution in [1.82, 2.24) is 0 Å². The SMILES string of the molecule is CC[Se]c1ccccc1[C@@H](C)N=Cc1ccccc1Cl. The minimum absolute atomic E-state index is 0.163. The Labute approximate surface area is 132 Å². The quantitative estimate of drug-likeness (QED) is 0.563. The Balaban J connectivity index is 2.20. The third kappa shape index (κ3) is 3.96. The summed E-state index contributed by atoms with van der Waals surface area (Å²) < 4.78 is 1.45. The summed E-state index contributed by atoms with van der Waals surface area (Å²) in [4.78, 5) is 4.67. The molecule has 0 amide bonds. The van der Waals surface area contributed by atoms with E-state index in [0.717, 1.165) is 10.6 Å². The molecule has 0 unspecified atom stereocenters. The maximum absolute atomic E-state index is 6.15. The van der Waals surface area contributed by atoms with Crippen molar-refractivity contribution in [2.45, 2.75) is 25.2 Å². The van der Waals surface area contributed by atoms with E-state index >= 15 is 0 Å². The molecule has 0 aliphatic carbocycles. The molecule has 2 rings (SSSR count). The average molecular weight is 351 g/mol. The predicted octanol–water partition coefficient (Wildman–Crippen LogP) is 4.29. The van der Waals surface area contributed by atoms with Gasteiger partial charge in [-0.3, -0.25) is 0 Å². The summed E-state index contributed by atoms with van der Waals surface area (Å²) >= 11 is 6.68. The minimum atomic E-state index is 0.163. The molecule has 0 radical (unpaired) electrons. The van der Waals surface area contributed by atoms with E-state index in [-0.39, 0.29) is 6.04 Å². The molecule has 0 spiro atoms. The molecule has 0 fully saturated rings. The predicted molar refractivity (Wildman–Crippen MR) is 89.8 cm³/mol. The van der Waals surface area contributed by atoms with Crippen molar-refractivity contribution in [3.8, 4) is 0 Å².